The second kappa shape index (κ2) is 7.74. The summed E-state index contributed by atoms with van der Waals surface area (Å²) in [6.07, 6.45) is 0. The van der Waals surface area contributed by atoms with Gasteiger partial charge < -0.3 is 4.42 Å². The SMILES string of the molecule is O=C(c1ccc(NS(=O)(=O)c2cccs2)cc1)c1cc2c(ccc3ccccc32)oc1=O. The van der Waals surface area contributed by atoms with Crippen LogP contribution in [0.3, 0.4) is 0 Å². The fraction of sp³-hybridized carbons (Fsp3) is 0. The van der Waals surface area contributed by atoms with Gasteiger partial charge in [-0.3, -0.25) is 9.52 Å². The van der Waals surface area contributed by atoms with Crippen molar-refractivity contribution in [3.8, 4) is 0 Å². The summed E-state index contributed by atoms with van der Waals surface area (Å²) in [6.45, 7) is 0. The molecule has 0 spiro atoms. The lowest BCUT2D eigenvalue weighted by Gasteiger charge is -2.08. The summed E-state index contributed by atoms with van der Waals surface area (Å²) in [6, 6.07) is 21.8. The number of carbonyl (C=O) groups excluding carboxylic acids is 1. The molecule has 5 aromatic rings. The maximum Gasteiger partial charge on any atom is 0.347 e. The van der Waals surface area contributed by atoms with Crippen LogP contribution in [0.25, 0.3) is 21.7 Å². The van der Waals surface area contributed by atoms with E-state index in [0.717, 1.165) is 22.1 Å². The van der Waals surface area contributed by atoms with Gasteiger partial charge in [0.1, 0.15) is 15.4 Å². The van der Waals surface area contributed by atoms with Gasteiger partial charge in [-0.05, 0) is 58.6 Å². The first-order chi connectivity index (χ1) is 15.4. The second-order valence-corrected chi connectivity index (χ2v) is 9.95. The Hall–Kier alpha value is -3.75. The number of anilines is 1. The standard InChI is InChI=1S/C24H15NO5S2/c26-23(16-7-10-17(11-8-16)25-32(28,29)22-6-3-13-31-22)20-14-19-18-5-2-1-4-15(18)9-12-21(19)30-24(20)27/h1-14,25H. The van der Waals surface area contributed by atoms with Gasteiger partial charge in [-0.25, -0.2) is 13.2 Å². The van der Waals surface area contributed by atoms with Crippen molar-refractivity contribution in [2.75, 3.05) is 4.72 Å². The van der Waals surface area contributed by atoms with E-state index in [0.29, 0.717) is 16.7 Å². The zero-order chi connectivity index (χ0) is 22.3. The first kappa shape index (κ1) is 20.2. The summed E-state index contributed by atoms with van der Waals surface area (Å²) in [7, 11) is -3.69. The Morgan fingerprint density at radius 3 is 2.41 bits per heavy atom. The van der Waals surface area contributed by atoms with Crippen molar-refractivity contribution in [2.45, 2.75) is 4.21 Å². The Balaban J connectivity index is 1.49. The molecule has 32 heavy (non-hydrogen) atoms. The third kappa shape index (κ3) is 3.59. The molecule has 0 bridgehead atoms. The molecule has 0 amide bonds. The highest BCUT2D eigenvalue weighted by atomic mass is 32.2. The van der Waals surface area contributed by atoms with Crippen molar-refractivity contribution in [1.82, 2.24) is 0 Å². The Labute approximate surface area is 186 Å². The molecule has 0 aliphatic heterocycles. The fourth-order valence-electron chi connectivity index (χ4n) is 3.50. The number of fused-ring (bicyclic) bond motifs is 3. The van der Waals surface area contributed by atoms with Crippen LogP contribution in [0.2, 0.25) is 0 Å². The lowest BCUT2D eigenvalue weighted by Crippen LogP contribution is -2.15. The van der Waals surface area contributed by atoms with Crippen LogP contribution in [0.15, 0.2) is 97.7 Å². The Bertz CT molecular complexity index is 1630. The smallest absolute Gasteiger partial charge is 0.347 e. The zero-order valence-corrected chi connectivity index (χ0v) is 18.1. The molecule has 0 saturated heterocycles. The molecule has 3 aromatic carbocycles. The van der Waals surface area contributed by atoms with Gasteiger partial charge >= 0.3 is 5.63 Å². The molecule has 0 unspecified atom stereocenters. The molecule has 5 rings (SSSR count). The highest BCUT2D eigenvalue weighted by Crippen LogP contribution is 2.26. The van der Waals surface area contributed by atoms with Gasteiger partial charge in [0.05, 0.1) is 0 Å². The van der Waals surface area contributed by atoms with Crippen LogP contribution in [-0.4, -0.2) is 14.2 Å². The van der Waals surface area contributed by atoms with Crippen molar-refractivity contribution in [2.24, 2.45) is 0 Å². The average Bonchev–Trinajstić information content (AvgIpc) is 3.34. The highest BCUT2D eigenvalue weighted by Gasteiger charge is 2.18. The lowest BCUT2D eigenvalue weighted by molar-refractivity contribution is 0.103. The van der Waals surface area contributed by atoms with E-state index in [2.05, 4.69) is 4.72 Å². The van der Waals surface area contributed by atoms with Crippen LogP contribution in [0.1, 0.15) is 15.9 Å². The number of carbonyl (C=O) groups is 1. The largest absolute Gasteiger partial charge is 0.422 e. The molecule has 0 aliphatic rings. The minimum absolute atomic E-state index is 0.0826. The molecular formula is C24H15NO5S2. The van der Waals surface area contributed by atoms with E-state index in [4.69, 9.17) is 4.42 Å². The molecule has 1 N–H and O–H groups in total. The quantitative estimate of drug-likeness (QED) is 0.225. The van der Waals surface area contributed by atoms with Crippen molar-refractivity contribution in [1.29, 1.82) is 0 Å². The summed E-state index contributed by atoms with van der Waals surface area (Å²) < 4.78 is 32.8. The normalized spacial score (nSPS) is 11.6. The van der Waals surface area contributed by atoms with Gasteiger partial charge in [0, 0.05) is 16.6 Å². The molecule has 0 radical (unpaired) electrons. The number of sulfonamides is 1. The van der Waals surface area contributed by atoms with Gasteiger partial charge in [0.25, 0.3) is 10.0 Å². The molecule has 0 aliphatic carbocycles. The fourth-order valence-corrected chi connectivity index (χ4v) is 5.55. The number of rotatable bonds is 5. The number of nitrogens with one attached hydrogen (secondary N) is 1. The van der Waals surface area contributed by atoms with E-state index in [1.807, 2.05) is 30.3 Å². The molecule has 0 fully saturated rings. The van der Waals surface area contributed by atoms with Crippen molar-refractivity contribution in [3.63, 3.8) is 0 Å². The highest BCUT2D eigenvalue weighted by molar-refractivity contribution is 7.94. The maximum absolute atomic E-state index is 13.0. The lowest BCUT2D eigenvalue weighted by atomic mass is 10.0. The van der Waals surface area contributed by atoms with Crippen LogP contribution in [0.4, 0.5) is 5.69 Å². The van der Waals surface area contributed by atoms with E-state index in [1.165, 1.54) is 30.3 Å². The van der Waals surface area contributed by atoms with Gasteiger partial charge in [0.15, 0.2) is 5.78 Å². The Morgan fingerprint density at radius 1 is 0.875 bits per heavy atom. The van der Waals surface area contributed by atoms with E-state index >= 15 is 0 Å². The minimum Gasteiger partial charge on any atom is -0.422 e. The first-order valence-corrected chi connectivity index (χ1v) is 12.0. The third-order valence-corrected chi connectivity index (χ3v) is 7.82. The molecule has 0 saturated carbocycles. The Morgan fingerprint density at radius 2 is 1.66 bits per heavy atom. The predicted molar refractivity (Wildman–Crippen MR) is 125 cm³/mol. The monoisotopic (exact) mass is 461 g/mol. The maximum atomic E-state index is 13.0. The topological polar surface area (TPSA) is 93.4 Å². The third-order valence-electron chi connectivity index (χ3n) is 5.05. The molecule has 8 heteroatoms. The molecule has 2 aromatic heterocycles. The average molecular weight is 462 g/mol. The molecule has 6 nitrogen and oxygen atoms in total. The molecule has 0 atom stereocenters. The zero-order valence-electron chi connectivity index (χ0n) is 16.4. The summed E-state index contributed by atoms with van der Waals surface area (Å²) in [5.41, 5.74) is 0.159. The van der Waals surface area contributed by atoms with Gasteiger partial charge in [0.2, 0.25) is 0 Å². The van der Waals surface area contributed by atoms with E-state index in [-0.39, 0.29) is 15.3 Å². The van der Waals surface area contributed by atoms with Crippen molar-refractivity contribution < 1.29 is 17.6 Å². The Kier molecular flexibility index (Phi) is 4.88. The van der Waals surface area contributed by atoms with Crippen molar-refractivity contribution >= 4 is 54.6 Å². The number of hydrogen-bond donors (Lipinski definition) is 1. The van der Waals surface area contributed by atoms with E-state index in [9.17, 15) is 18.0 Å². The first-order valence-electron chi connectivity index (χ1n) is 9.59. The number of thiophene rings is 1. The molecular weight excluding hydrogens is 446 g/mol. The summed E-state index contributed by atoms with van der Waals surface area (Å²) in [5.74, 6) is -0.499. The van der Waals surface area contributed by atoms with Crippen LogP contribution in [0, 0.1) is 0 Å². The summed E-state index contributed by atoms with van der Waals surface area (Å²) >= 11 is 1.11. The van der Waals surface area contributed by atoms with Crippen LogP contribution in [-0.2, 0) is 10.0 Å². The van der Waals surface area contributed by atoms with Crippen molar-refractivity contribution in [3.05, 3.63) is 106 Å². The minimum atomic E-state index is -3.69. The number of ketones is 1. The molecule has 158 valence electrons. The van der Waals surface area contributed by atoms with Gasteiger partial charge in [-0.2, -0.15) is 0 Å². The van der Waals surface area contributed by atoms with Crippen LogP contribution in [0.5, 0.6) is 0 Å². The predicted octanol–water partition coefficient (Wildman–Crippen LogP) is 5.04. The van der Waals surface area contributed by atoms with Gasteiger partial charge in [-0.1, -0.05) is 36.4 Å². The summed E-state index contributed by atoms with van der Waals surface area (Å²) in [4.78, 5) is 25.5. The van der Waals surface area contributed by atoms with Gasteiger partial charge in [-0.15, -0.1) is 11.3 Å². The number of hydrogen-bond acceptors (Lipinski definition) is 6. The van der Waals surface area contributed by atoms with E-state index in [1.54, 1.807) is 23.6 Å². The van der Waals surface area contributed by atoms with Crippen LogP contribution < -0.4 is 10.3 Å². The molecule has 2 heterocycles. The van der Waals surface area contributed by atoms with E-state index < -0.39 is 21.4 Å². The summed E-state index contributed by atoms with van der Waals surface area (Å²) in [5, 5.41) is 4.19. The number of benzene rings is 3. The van der Waals surface area contributed by atoms with Crippen LogP contribution >= 0.6 is 11.3 Å². The second-order valence-electron chi connectivity index (χ2n) is 7.09.